The summed E-state index contributed by atoms with van der Waals surface area (Å²) in [6.07, 6.45) is 3.36. The SMILES string of the molecule is CCCNC(=O)COc1ccc(Br)c(/C=C/C(=O)O)c1. The molecular weight excluding hydrogens is 326 g/mol. The molecule has 0 bridgehead atoms. The van der Waals surface area contributed by atoms with Crippen LogP contribution in [0.3, 0.4) is 0 Å². The Hall–Kier alpha value is -1.82. The van der Waals surface area contributed by atoms with Crippen molar-refractivity contribution in [2.24, 2.45) is 0 Å². The highest BCUT2D eigenvalue weighted by Gasteiger charge is 2.04. The van der Waals surface area contributed by atoms with Crippen LogP contribution >= 0.6 is 15.9 Å². The average molecular weight is 342 g/mol. The number of nitrogens with one attached hydrogen (secondary N) is 1. The van der Waals surface area contributed by atoms with E-state index in [0.717, 1.165) is 17.0 Å². The Bertz CT molecular complexity index is 514. The molecule has 1 rings (SSSR count). The summed E-state index contributed by atoms with van der Waals surface area (Å²) in [7, 11) is 0. The minimum atomic E-state index is -1.03. The monoisotopic (exact) mass is 341 g/mol. The fraction of sp³-hybridized carbons (Fsp3) is 0.286. The minimum absolute atomic E-state index is 0.0658. The smallest absolute Gasteiger partial charge is 0.328 e. The van der Waals surface area contributed by atoms with E-state index in [1.165, 1.54) is 6.08 Å². The maximum atomic E-state index is 11.4. The van der Waals surface area contributed by atoms with Crippen molar-refractivity contribution in [3.8, 4) is 5.75 Å². The van der Waals surface area contributed by atoms with Crippen molar-refractivity contribution in [1.82, 2.24) is 5.32 Å². The van der Waals surface area contributed by atoms with Crippen LogP contribution in [0.2, 0.25) is 0 Å². The van der Waals surface area contributed by atoms with Crippen LogP contribution in [0, 0.1) is 0 Å². The van der Waals surface area contributed by atoms with Crippen LogP contribution in [-0.4, -0.2) is 30.1 Å². The first-order chi connectivity index (χ1) is 9.52. The summed E-state index contributed by atoms with van der Waals surface area (Å²) in [5.41, 5.74) is 0.666. The standard InChI is InChI=1S/C14H16BrNO4/c1-2-7-16-13(17)9-20-11-4-5-12(15)10(8-11)3-6-14(18)19/h3-6,8H,2,7,9H2,1H3,(H,16,17)(H,18,19)/b6-3+. The molecule has 1 aromatic rings. The molecule has 2 N–H and O–H groups in total. The van der Waals surface area contributed by atoms with E-state index in [-0.39, 0.29) is 12.5 Å². The van der Waals surface area contributed by atoms with Gasteiger partial charge in [0.15, 0.2) is 6.61 Å². The fourth-order valence-corrected chi connectivity index (χ4v) is 1.74. The van der Waals surface area contributed by atoms with Crippen molar-refractivity contribution in [3.63, 3.8) is 0 Å². The highest BCUT2D eigenvalue weighted by molar-refractivity contribution is 9.10. The molecule has 5 nitrogen and oxygen atoms in total. The third-order valence-corrected chi connectivity index (χ3v) is 3.04. The molecule has 0 fully saturated rings. The number of ether oxygens (including phenoxy) is 1. The number of halogens is 1. The Morgan fingerprint density at radius 1 is 1.45 bits per heavy atom. The molecule has 0 radical (unpaired) electrons. The van der Waals surface area contributed by atoms with Crippen molar-refractivity contribution in [2.45, 2.75) is 13.3 Å². The zero-order valence-electron chi connectivity index (χ0n) is 11.1. The van der Waals surface area contributed by atoms with E-state index in [0.29, 0.717) is 17.9 Å². The molecule has 6 heteroatoms. The average Bonchev–Trinajstić information content (AvgIpc) is 2.42. The fourth-order valence-electron chi connectivity index (χ4n) is 1.36. The van der Waals surface area contributed by atoms with Crippen LogP contribution in [0.4, 0.5) is 0 Å². The molecule has 20 heavy (non-hydrogen) atoms. The Labute approximate surface area is 125 Å². The van der Waals surface area contributed by atoms with Gasteiger partial charge in [0.1, 0.15) is 5.75 Å². The molecule has 0 saturated carbocycles. The Morgan fingerprint density at radius 3 is 2.85 bits per heavy atom. The third kappa shape index (κ3) is 5.88. The summed E-state index contributed by atoms with van der Waals surface area (Å²) in [5.74, 6) is -0.704. The molecule has 0 spiro atoms. The molecule has 108 valence electrons. The summed E-state index contributed by atoms with van der Waals surface area (Å²) in [4.78, 5) is 21.9. The van der Waals surface area contributed by atoms with Crippen molar-refractivity contribution < 1.29 is 19.4 Å². The van der Waals surface area contributed by atoms with Crippen LogP contribution in [0.25, 0.3) is 6.08 Å². The lowest BCUT2D eigenvalue weighted by Gasteiger charge is -2.08. The number of carbonyl (C=O) groups is 2. The molecule has 0 aliphatic rings. The number of carboxylic acid groups (broad SMARTS) is 1. The predicted molar refractivity (Wildman–Crippen MR) is 79.6 cm³/mol. The quantitative estimate of drug-likeness (QED) is 0.747. The number of aliphatic carboxylic acids is 1. The van der Waals surface area contributed by atoms with Crippen LogP contribution in [0.5, 0.6) is 5.75 Å². The summed E-state index contributed by atoms with van der Waals surface area (Å²) < 4.78 is 6.10. The van der Waals surface area contributed by atoms with Crippen molar-refractivity contribution in [2.75, 3.05) is 13.2 Å². The first-order valence-corrected chi connectivity index (χ1v) is 6.92. The van der Waals surface area contributed by atoms with Gasteiger partial charge in [-0.1, -0.05) is 22.9 Å². The largest absolute Gasteiger partial charge is 0.484 e. The van der Waals surface area contributed by atoms with Crippen molar-refractivity contribution >= 4 is 33.9 Å². The lowest BCUT2D eigenvalue weighted by molar-refractivity contribution is -0.131. The number of carboxylic acids is 1. The minimum Gasteiger partial charge on any atom is -0.484 e. The second kappa shape index (κ2) is 8.37. The van der Waals surface area contributed by atoms with Gasteiger partial charge >= 0.3 is 5.97 Å². The zero-order chi connectivity index (χ0) is 15.0. The van der Waals surface area contributed by atoms with Gasteiger partial charge in [-0.25, -0.2) is 4.79 Å². The molecule has 1 aromatic carbocycles. The van der Waals surface area contributed by atoms with E-state index in [4.69, 9.17) is 9.84 Å². The van der Waals surface area contributed by atoms with E-state index in [9.17, 15) is 9.59 Å². The highest BCUT2D eigenvalue weighted by atomic mass is 79.9. The topological polar surface area (TPSA) is 75.6 Å². The molecule has 0 saturated heterocycles. The van der Waals surface area contributed by atoms with Gasteiger partial charge in [-0.15, -0.1) is 0 Å². The van der Waals surface area contributed by atoms with Crippen molar-refractivity contribution in [3.05, 3.63) is 34.3 Å². The normalized spacial score (nSPS) is 10.5. The summed E-state index contributed by atoms with van der Waals surface area (Å²) in [5, 5.41) is 11.3. The van der Waals surface area contributed by atoms with Gasteiger partial charge in [0.05, 0.1) is 0 Å². The molecule has 1 amide bonds. The van der Waals surface area contributed by atoms with E-state index in [1.807, 2.05) is 6.92 Å². The molecule has 0 aromatic heterocycles. The summed E-state index contributed by atoms with van der Waals surface area (Å²) >= 11 is 3.32. The van der Waals surface area contributed by atoms with Gasteiger partial charge in [0.2, 0.25) is 0 Å². The van der Waals surface area contributed by atoms with E-state index >= 15 is 0 Å². The van der Waals surface area contributed by atoms with Crippen LogP contribution in [0.1, 0.15) is 18.9 Å². The molecule has 0 heterocycles. The zero-order valence-corrected chi connectivity index (χ0v) is 12.6. The van der Waals surface area contributed by atoms with Crippen LogP contribution < -0.4 is 10.1 Å². The lowest BCUT2D eigenvalue weighted by Crippen LogP contribution is -2.29. The van der Waals surface area contributed by atoms with Crippen LogP contribution in [0.15, 0.2) is 28.7 Å². The van der Waals surface area contributed by atoms with E-state index in [2.05, 4.69) is 21.2 Å². The molecular formula is C14H16BrNO4. The van der Waals surface area contributed by atoms with E-state index < -0.39 is 5.97 Å². The van der Waals surface area contributed by atoms with Crippen LogP contribution in [-0.2, 0) is 9.59 Å². The van der Waals surface area contributed by atoms with Gasteiger partial charge in [-0.2, -0.15) is 0 Å². The van der Waals surface area contributed by atoms with Gasteiger partial charge < -0.3 is 15.2 Å². The van der Waals surface area contributed by atoms with E-state index in [1.54, 1.807) is 18.2 Å². The number of amides is 1. The van der Waals surface area contributed by atoms with Gasteiger partial charge in [0, 0.05) is 17.1 Å². The molecule has 0 aliphatic heterocycles. The van der Waals surface area contributed by atoms with Crippen molar-refractivity contribution in [1.29, 1.82) is 0 Å². The maximum Gasteiger partial charge on any atom is 0.328 e. The number of hydrogen-bond acceptors (Lipinski definition) is 3. The number of carbonyl (C=O) groups excluding carboxylic acids is 1. The maximum absolute atomic E-state index is 11.4. The first kappa shape index (κ1) is 16.2. The number of hydrogen-bond donors (Lipinski definition) is 2. The number of rotatable bonds is 7. The molecule has 0 atom stereocenters. The summed E-state index contributed by atoms with van der Waals surface area (Å²) in [6, 6.07) is 5.10. The van der Waals surface area contributed by atoms with Gasteiger partial charge in [0.25, 0.3) is 5.91 Å². The highest BCUT2D eigenvalue weighted by Crippen LogP contribution is 2.23. The lowest BCUT2D eigenvalue weighted by atomic mass is 10.2. The third-order valence-electron chi connectivity index (χ3n) is 2.32. The molecule has 0 aliphatic carbocycles. The second-order valence-electron chi connectivity index (χ2n) is 3.99. The predicted octanol–water partition coefficient (Wildman–Crippen LogP) is 2.45. The molecule has 0 unspecified atom stereocenters. The van der Waals surface area contributed by atoms with Gasteiger partial charge in [-0.3, -0.25) is 4.79 Å². The van der Waals surface area contributed by atoms with Gasteiger partial charge in [-0.05, 0) is 36.3 Å². The number of benzene rings is 1. The second-order valence-corrected chi connectivity index (χ2v) is 4.85. The Balaban J connectivity index is 2.65. The summed E-state index contributed by atoms with van der Waals surface area (Å²) in [6.45, 7) is 2.52. The Morgan fingerprint density at radius 2 is 2.20 bits per heavy atom. The first-order valence-electron chi connectivity index (χ1n) is 6.13. The Kier molecular flexibility index (Phi) is 6.79.